The van der Waals surface area contributed by atoms with Gasteiger partial charge < -0.3 is 15.5 Å². The maximum absolute atomic E-state index is 11.9. The van der Waals surface area contributed by atoms with Gasteiger partial charge in [0.15, 0.2) is 0 Å². The van der Waals surface area contributed by atoms with Gasteiger partial charge in [0, 0.05) is 18.7 Å². The topological polar surface area (TPSA) is 69.6 Å². The number of carbonyl (C=O) groups excluding carboxylic acids is 1. The fraction of sp³-hybridized carbons (Fsp3) is 0.533. The summed E-state index contributed by atoms with van der Waals surface area (Å²) in [6.07, 6.45) is 4.44. The lowest BCUT2D eigenvalue weighted by molar-refractivity contribution is 0.0909. The van der Waals surface area contributed by atoms with Crippen molar-refractivity contribution in [1.29, 1.82) is 0 Å². The molecular weight excluding hydrogens is 242 g/mol. The first-order chi connectivity index (χ1) is 9.20. The number of benzene rings is 1. The third kappa shape index (κ3) is 3.70. The molecule has 19 heavy (non-hydrogen) atoms. The van der Waals surface area contributed by atoms with E-state index in [1.165, 1.54) is 18.9 Å². The van der Waals surface area contributed by atoms with E-state index >= 15 is 0 Å². The molecule has 104 valence electrons. The second kappa shape index (κ2) is 6.57. The van der Waals surface area contributed by atoms with Crippen molar-refractivity contribution >= 4 is 5.91 Å². The van der Waals surface area contributed by atoms with Gasteiger partial charge in [-0.1, -0.05) is 18.9 Å². The maximum Gasteiger partial charge on any atom is 0.251 e. The van der Waals surface area contributed by atoms with Crippen molar-refractivity contribution in [3.63, 3.8) is 0 Å². The number of rotatable bonds is 4. The molecule has 0 aromatic heterocycles. The van der Waals surface area contributed by atoms with Crippen LogP contribution < -0.4 is 5.32 Å². The number of hydrogen-bond donors (Lipinski definition) is 3. The van der Waals surface area contributed by atoms with Crippen LogP contribution in [0.3, 0.4) is 0 Å². The van der Waals surface area contributed by atoms with Crippen LogP contribution in [-0.2, 0) is 0 Å². The molecule has 1 aliphatic rings. The molecule has 2 rings (SSSR count). The molecule has 0 saturated heterocycles. The maximum atomic E-state index is 11.9. The molecule has 3 N–H and O–H groups in total. The molecule has 1 aromatic rings. The Morgan fingerprint density at radius 1 is 1.26 bits per heavy atom. The van der Waals surface area contributed by atoms with Crippen molar-refractivity contribution in [2.45, 2.75) is 25.7 Å². The zero-order valence-electron chi connectivity index (χ0n) is 11.0. The number of aromatic hydroxyl groups is 1. The molecule has 2 unspecified atom stereocenters. The highest BCUT2D eigenvalue weighted by atomic mass is 16.3. The smallest absolute Gasteiger partial charge is 0.251 e. The summed E-state index contributed by atoms with van der Waals surface area (Å²) in [5, 5.41) is 21.6. The van der Waals surface area contributed by atoms with Crippen molar-refractivity contribution in [3.05, 3.63) is 29.8 Å². The average Bonchev–Trinajstić information content (AvgIpc) is 2.45. The Morgan fingerprint density at radius 3 is 2.68 bits per heavy atom. The van der Waals surface area contributed by atoms with Gasteiger partial charge in [0.1, 0.15) is 5.75 Å². The summed E-state index contributed by atoms with van der Waals surface area (Å²) in [4.78, 5) is 11.9. The third-order valence-electron chi connectivity index (χ3n) is 3.93. The highest BCUT2D eigenvalue weighted by Gasteiger charge is 2.24. The van der Waals surface area contributed by atoms with Crippen LogP contribution in [0, 0.1) is 11.8 Å². The summed E-state index contributed by atoms with van der Waals surface area (Å²) in [6, 6.07) is 6.33. The van der Waals surface area contributed by atoms with E-state index in [1.54, 1.807) is 18.2 Å². The Morgan fingerprint density at radius 2 is 2.00 bits per heavy atom. The van der Waals surface area contributed by atoms with Gasteiger partial charge in [0.2, 0.25) is 0 Å². The number of aliphatic hydroxyl groups excluding tert-OH is 1. The Labute approximate surface area is 113 Å². The van der Waals surface area contributed by atoms with Crippen molar-refractivity contribution in [2.75, 3.05) is 13.2 Å². The number of phenolic OH excluding ortho intramolecular Hbond substituents is 1. The highest BCUT2D eigenvalue weighted by Crippen LogP contribution is 2.29. The van der Waals surface area contributed by atoms with E-state index in [4.69, 9.17) is 0 Å². The third-order valence-corrected chi connectivity index (χ3v) is 3.93. The van der Waals surface area contributed by atoms with Crippen LogP contribution in [0.15, 0.2) is 24.3 Å². The lowest BCUT2D eigenvalue weighted by Gasteiger charge is -2.30. The average molecular weight is 263 g/mol. The van der Waals surface area contributed by atoms with Gasteiger partial charge in [0.25, 0.3) is 5.91 Å². The molecule has 0 aliphatic heterocycles. The minimum absolute atomic E-state index is 0.0959. The van der Waals surface area contributed by atoms with E-state index in [9.17, 15) is 15.0 Å². The van der Waals surface area contributed by atoms with Crippen molar-refractivity contribution < 1.29 is 15.0 Å². The van der Waals surface area contributed by atoms with Crippen molar-refractivity contribution in [1.82, 2.24) is 5.32 Å². The number of carbonyl (C=O) groups is 1. The van der Waals surface area contributed by atoms with Crippen molar-refractivity contribution in [3.8, 4) is 5.75 Å². The first-order valence-electron chi connectivity index (χ1n) is 6.89. The molecule has 4 nitrogen and oxygen atoms in total. The molecule has 0 heterocycles. The van der Waals surface area contributed by atoms with Crippen LogP contribution in [0.5, 0.6) is 5.75 Å². The van der Waals surface area contributed by atoms with E-state index in [0.717, 1.165) is 12.8 Å². The lowest BCUT2D eigenvalue weighted by Crippen LogP contribution is -2.35. The molecule has 0 bridgehead atoms. The first-order valence-corrected chi connectivity index (χ1v) is 6.89. The molecule has 1 aromatic carbocycles. The quantitative estimate of drug-likeness (QED) is 0.777. The lowest BCUT2D eigenvalue weighted by atomic mass is 9.79. The molecule has 0 spiro atoms. The van der Waals surface area contributed by atoms with E-state index in [-0.39, 0.29) is 18.3 Å². The fourth-order valence-electron chi connectivity index (χ4n) is 2.77. The highest BCUT2D eigenvalue weighted by molar-refractivity contribution is 5.94. The van der Waals surface area contributed by atoms with Crippen LogP contribution in [0.1, 0.15) is 36.0 Å². The van der Waals surface area contributed by atoms with E-state index in [1.807, 2.05) is 0 Å². The summed E-state index contributed by atoms with van der Waals surface area (Å²) in [7, 11) is 0. The Bertz CT molecular complexity index is 433. The number of nitrogens with one attached hydrogen (secondary N) is 1. The number of phenols is 1. The van der Waals surface area contributed by atoms with Gasteiger partial charge in [-0.3, -0.25) is 4.79 Å². The molecular formula is C15H21NO3. The van der Waals surface area contributed by atoms with Gasteiger partial charge in [0.05, 0.1) is 0 Å². The van der Waals surface area contributed by atoms with E-state index < -0.39 is 0 Å². The predicted octanol–water partition coefficient (Wildman–Crippen LogP) is 1.92. The van der Waals surface area contributed by atoms with Crippen LogP contribution in [0.25, 0.3) is 0 Å². The van der Waals surface area contributed by atoms with Crippen LogP contribution in [-0.4, -0.2) is 29.3 Å². The molecule has 1 amide bonds. The predicted molar refractivity (Wildman–Crippen MR) is 73.0 cm³/mol. The minimum atomic E-state index is -0.168. The summed E-state index contributed by atoms with van der Waals surface area (Å²) < 4.78 is 0. The molecule has 0 radical (unpaired) electrons. The van der Waals surface area contributed by atoms with Gasteiger partial charge in [-0.25, -0.2) is 0 Å². The normalized spacial score (nSPS) is 23.0. The summed E-state index contributed by atoms with van der Waals surface area (Å²) in [5.41, 5.74) is 0.469. The molecule has 2 atom stereocenters. The Kier molecular flexibility index (Phi) is 4.80. The largest absolute Gasteiger partial charge is 0.508 e. The second-order valence-electron chi connectivity index (χ2n) is 5.25. The van der Waals surface area contributed by atoms with Gasteiger partial charge in [-0.2, -0.15) is 0 Å². The van der Waals surface area contributed by atoms with Gasteiger partial charge >= 0.3 is 0 Å². The zero-order chi connectivity index (χ0) is 13.7. The van der Waals surface area contributed by atoms with Crippen molar-refractivity contribution in [2.24, 2.45) is 11.8 Å². The first kappa shape index (κ1) is 13.9. The van der Waals surface area contributed by atoms with E-state index in [2.05, 4.69) is 5.32 Å². The van der Waals surface area contributed by atoms with E-state index in [0.29, 0.717) is 23.9 Å². The summed E-state index contributed by atoms with van der Waals surface area (Å²) >= 11 is 0. The second-order valence-corrected chi connectivity index (χ2v) is 5.25. The van der Waals surface area contributed by atoms with Gasteiger partial charge in [-0.15, -0.1) is 0 Å². The zero-order valence-corrected chi connectivity index (χ0v) is 11.0. The summed E-state index contributed by atoms with van der Waals surface area (Å²) in [6.45, 7) is 0.798. The number of amides is 1. The SMILES string of the molecule is O=C(NCC1CCCCC1CO)c1cccc(O)c1. The Hall–Kier alpha value is -1.55. The van der Waals surface area contributed by atoms with Crippen LogP contribution >= 0.6 is 0 Å². The standard InChI is InChI=1S/C15H21NO3/c17-10-13-5-2-1-4-12(13)9-16-15(19)11-6-3-7-14(18)8-11/h3,6-8,12-13,17-18H,1-2,4-5,9-10H2,(H,16,19). The monoisotopic (exact) mass is 263 g/mol. The Balaban J connectivity index is 1.89. The fourth-order valence-corrected chi connectivity index (χ4v) is 2.77. The van der Waals surface area contributed by atoms with Crippen LogP contribution in [0.4, 0.5) is 0 Å². The van der Waals surface area contributed by atoms with Gasteiger partial charge in [-0.05, 0) is 42.9 Å². The molecule has 4 heteroatoms. The van der Waals surface area contributed by atoms with Crippen LogP contribution in [0.2, 0.25) is 0 Å². The minimum Gasteiger partial charge on any atom is -0.508 e. The summed E-state index contributed by atoms with van der Waals surface area (Å²) in [5.74, 6) is 0.593. The molecule has 1 aliphatic carbocycles. The number of hydrogen-bond acceptors (Lipinski definition) is 3. The molecule has 1 saturated carbocycles. The number of aliphatic hydroxyl groups is 1. The molecule has 1 fully saturated rings.